The standard InChI is InChI=1S/C26H27N3O3/c27-14-18-5-11-21(12-6-18)26-31-22(15-29-17-28-23-3-1-2-4-24(23)29)13-25(32-26)20-9-7-19(16-30)8-10-20/h1-12,17,22,25-26,30H,13-16,27H2/t22-,25+,26+/m0/s1. The van der Waals surface area contributed by atoms with Crippen LogP contribution < -0.4 is 5.73 Å². The van der Waals surface area contributed by atoms with Gasteiger partial charge in [-0.05, 0) is 28.8 Å². The molecule has 2 heterocycles. The number of aromatic nitrogens is 2. The summed E-state index contributed by atoms with van der Waals surface area (Å²) in [5, 5.41) is 9.38. The lowest BCUT2D eigenvalue weighted by molar-refractivity contribution is -0.252. The third kappa shape index (κ3) is 4.31. The van der Waals surface area contributed by atoms with Gasteiger partial charge in [0.2, 0.25) is 0 Å². The van der Waals surface area contributed by atoms with Gasteiger partial charge in [0.15, 0.2) is 6.29 Å². The largest absolute Gasteiger partial charge is 0.392 e. The summed E-state index contributed by atoms with van der Waals surface area (Å²) in [6.45, 7) is 1.22. The molecule has 1 aromatic heterocycles. The SMILES string of the molecule is NCc1ccc([C@@H]2O[C@H](Cn3cnc4ccccc43)C[C@H](c3ccc(CO)cc3)O2)cc1. The summed E-state index contributed by atoms with van der Waals surface area (Å²) in [5.74, 6) is 0. The number of nitrogens with two attached hydrogens (primary N) is 1. The molecule has 0 unspecified atom stereocenters. The van der Waals surface area contributed by atoms with Crippen LogP contribution in [0.15, 0.2) is 79.1 Å². The number of ether oxygens (including phenoxy) is 2. The first kappa shape index (κ1) is 20.8. The number of hydrogen-bond donors (Lipinski definition) is 2. The van der Waals surface area contributed by atoms with Gasteiger partial charge in [-0.2, -0.15) is 0 Å². The van der Waals surface area contributed by atoms with Gasteiger partial charge >= 0.3 is 0 Å². The molecule has 0 spiro atoms. The van der Waals surface area contributed by atoms with Crippen molar-refractivity contribution in [3.8, 4) is 0 Å². The second-order valence-corrected chi connectivity index (χ2v) is 8.18. The van der Waals surface area contributed by atoms with Crippen LogP contribution in [-0.4, -0.2) is 20.8 Å². The van der Waals surface area contributed by atoms with Gasteiger partial charge in [-0.25, -0.2) is 4.98 Å². The second-order valence-electron chi connectivity index (χ2n) is 8.18. The number of hydrogen-bond acceptors (Lipinski definition) is 5. The van der Waals surface area contributed by atoms with E-state index in [-0.39, 0.29) is 18.8 Å². The smallest absolute Gasteiger partial charge is 0.184 e. The Labute approximate surface area is 187 Å². The van der Waals surface area contributed by atoms with Crippen molar-refractivity contribution in [2.75, 3.05) is 0 Å². The maximum absolute atomic E-state index is 9.38. The average molecular weight is 430 g/mol. The molecule has 0 saturated carbocycles. The third-order valence-electron chi connectivity index (χ3n) is 6.03. The van der Waals surface area contributed by atoms with Crippen LogP contribution in [0.1, 0.15) is 41.1 Å². The molecule has 3 atom stereocenters. The van der Waals surface area contributed by atoms with E-state index >= 15 is 0 Å². The van der Waals surface area contributed by atoms with Gasteiger partial charge in [0, 0.05) is 18.5 Å². The first-order chi connectivity index (χ1) is 15.7. The van der Waals surface area contributed by atoms with Crippen LogP contribution in [0.25, 0.3) is 11.0 Å². The van der Waals surface area contributed by atoms with Gasteiger partial charge in [-0.3, -0.25) is 0 Å². The predicted octanol–water partition coefficient (Wildman–Crippen LogP) is 4.23. The van der Waals surface area contributed by atoms with E-state index < -0.39 is 6.29 Å². The number of rotatable bonds is 6. The van der Waals surface area contributed by atoms with Crippen LogP contribution in [0.5, 0.6) is 0 Å². The first-order valence-corrected chi connectivity index (χ1v) is 10.9. The molecule has 6 nitrogen and oxygen atoms in total. The molecule has 3 aromatic carbocycles. The zero-order chi connectivity index (χ0) is 21.9. The van der Waals surface area contributed by atoms with E-state index in [0.717, 1.165) is 39.7 Å². The summed E-state index contributed by atoms with van der Waals surface area (Å²) in [7, 11) is 0. The average Bonchev–Trinajstić information content (AvgIpc) is 3.26. The summed E-state index contributed by atoms with van der Waals surface area (Å²) >= 11 is 0. The Morgan fingerprint density at radius 1 is 0.906 bits per heavy atom. The topological polar surface area (TPSA) is 82.5 Å². The lowest BCUT2D eigenvalue weighted by Gasteiger charge is -2.36. The highest BCUT2D eigenvalue weighted by Gasteiger charge is 2.32. The highest BCUT2D eigenvalue weighted by molar-refractivity contribution is 5.74. The molecule has 3 N–H and O–H groups in total. The summed E-state index contributed by atoms with van der Waals surface area (Å²) in [6, 6.07) is 24.1. The lowest BCUT2D eigenvalue weighted by atomic mass is 10.00. The third-order valence-corrected chi connectivity index (χ3v) is 6.03. The van der Waals surface area contributed by atoms with Gasteiger partial charge < -0.3 is 24.9 Å². The van der Waals surface area contributed by atoms with E-state index in [1.165, 1.54) is 0 Å². The van der Waals surface area contributed by atoms with Crippen LogP contribution in [0.2, 0.25) is 0 Å². The van der Waals surface area contributed by atoms with Crippen molar-refractivity contribution >= 4 is 11.0 Å². The van der Waals surface area contributed by atoms with Gasteiger partial charge in [0.1, 0.15) is 0 Å². The molecule has 1 aliphatic heterocycles. The normalized spacial score (nSPS) is 21.1. The molecule has 1 aliphatic rings. The Morgan fingerprint density at radius 3 is 2.38 bits per heavy atom. The van der Waals surface area contributed by atoms with Crippen molar-refractivity contribution in [1.82, 2.24) is 9.55 Å². The Balaban J connectivity index is 1.43. The van der Waals surface area contributed by atoms with Gasteiger partial charge in [0.25, 0.3) is 0 Å². The van der Waals surface area contributed by atoms with E-state index in [4.69, 9.17) is 15.2 Å². The molecule has 164 valence electrons. The minimum absolute atomic E-state index is 0.0291. The number of nitrogens with zero attached hydrogens (tertiary/aromatic N) is 2. The van der Waals surface area contributed by atoms with Crippen molar-refractivity contribution < 1.29 is 14.6 Å². The molecule has 32 heavy (non-hydrogen) atoms. The molecular formula is C26H27N3O3. The van der Waals surface area contributed by atoms with Crippen molar-refractivity contribution in [2.45, 2.75) is 44.6 Å². The second kappa shape index (κ2) is 9.22. The highest BCUT2D eigenvalue weighted by atomic mass is 16.7. The Kier molecular flexibility index (Phi) is 6.01. The van der Waals surface area contributed by atoms with Crippen molar-refractivity contribution in [1.29, 1.82) is 0 Å². The monoisotopic (exact) mass is 429 g/mol. The zero-order valence-corrected chi connectivity index (χ0v) is 17.8. The zero-order valence-electron chi connectivity index (χ0n) is 17.8. The van der Waals surface area contributed by atoms with Crippen LogP contribution in [0.4, 0.5) is 0 Å². The van der Waals surface area contributed by atoms with Crippen LogP contribution >= 0.6 is 0 Å². The number of aliphatic hydroxyl groups is 1. The van der Waals surface area contributed by atoms with Crippen molar-refractivity contribution in [2.24, 2.45) is 5.73 Å². The Hall–Kier alpha value is -3.03. The minimum atomic E-state index is -0.474. The van der Waals surface area contributed by atoms with E-state index in [1.807, 2.05) is 73.1 Å². The summed E-state index contributed by atoms with van der Waals surface area (Å²) in [6.07, 6.45) is 1.96. The van der Waals surface area contributed by atoms with Crippen LogP contribution in [0, 0.1) is 0 Å². The molecule has 5 rings (SSSR count). The van der Waals surface area contributed by atoms with Gasteiger partial charge in [0.05, 0.1) is 42.7 Å². The number of benzene rings is 3. The Bertz CT molecular complexity index is 1120. The van der Waals surface area contributed by atoms with Crippen LogP contribution in [0.3, 0.4) is 0 Å². The van der Waals surface area contributed by atoms with E-state index in [2.05, 4.69) is 15.6 Å². The maximum atomic E-state index is 9.38. The summed E-state index contributed by atoms with van der Waals surface area (Å²) in [5.41, 5.74) is 11.8. The van der Waals surface area contributed by atoms with E-state index in [0.29, 0.717) is 13.1 Å². The molecular weight excluding hydrogens is 402 g/mol. The molecule has 0 amide bonds. The maximum Gasteiger partial charge on any atom is 0.184 e. The lowest BCUT2D eigenvalue weighted by Crippen LogP contribution is -2.32. The minimum Gasteiger partial charge on any atom is -0.392 e. The van der Waals surface area contributed by atoms with Gasteiger partial charge in [-0.15, -0.1) is 0 Å². The molecule has 0 radical (unpaired) electrons. The molecule has 1 saturated heterocycles. The fraction of sp³-hybridized carbons (Fsp3) is 0.269. The van der Waals surface area contributed by atoms with E-state index in [9.17, 15) is 5.11 Å². The predicted molar refractivity (Wildman–Crippen MR) is 122 cm³/mol. The molecule has 0 bridgehead atoms. The number of fused-ring (bicyclic) bond motifs is 1. The molecule has 0 aliphatic carbocycles. The summed E-state index contributed by atoms with van der Waals surface area (Å²) in [4.78, 5) is 4.52. The first-order valence-electron chi connectivity index (χ1n) is 10.9. The Morgan fingerprint density at radius 2 is 1.62 bits per heavy atom. The molecule has 4 aromatic rings. The molecule has 6 heteroatoms. The fourth-order valence-electron chi connectivity index (χ4n) is 4.22. The van der Waals surface area contributed by atoms with Crippen molar-refractivity contribution in [3.05, 3.63) is 101 Å². The number of imidazole rings is 1. The number of aliphatic hydroxyl groups excluding tert-OH is 1. The van der Waals surface area contributed by atoms with Crippen LogP contribution in [-0.2, 0) is 29.2 Å². The molecule has 1 fully saturated rings. The quantitative estimate of drug-likeness (QED) is 0.479. The van der Waals surface area contributed by atoms with Crippen molar-refractivity contribution in [3.63, 3.8) is 0 Å². The summed E-state index contributed by atoms with van der Waals surface area (Å²) < 4.78 is 15.0. The number of para-hydroxylation sites is 2. The van der Waals surface area contributed by atoms with E-state index in [1.54, 1.807) is 0 Å². The highest BCUT2D eigenvalue weighted by Crippen LogP contribution is 2.38. The van der Waals surface area contributed by atoms with Gasteiger partial charge in [-0.1, -0.05) is 60.7 Å². The fourth-order valence-corrected chi connectivity index (χ4v) is 4.22.